The van der Waals surface area contributed by atoms with Gasteiger partial charge in [-0.2, -0.15) is 0 Å². The molecule has 1 aromatic carbocycles. The Kier molecular flexibility index (Phi) is 4.03. The Morgan fingerprint density at radius 2 is 1.88 bits per heavy atom. The summed E-state index contributed by atoms with van der Waals surface area (Å²) in [4.78, 5) is 12.1. The van der Waals surface area contributed by atoms with Gasteiger partial charge in [0.1, 0.15) is 16.6 Å². The Hall–Kier alpha value is -2.28. The molecule has 0 atom stereocenters. The summed E-state index contributed by atoms with van der Waals surface area (Å²) in [5, 5.41) is 11.3. The van der Waals surface area contributed by atoms with E-state index in [1.54, 1.807) is 6.07 Å². The van der Waals surface area contributed by atoms with Crippen molar-refractivity contribution in [3.05, 3.63) is 59.0 Å². The minimum atomic E-state index is -0.549. The van der Waals surface area contributed by atoms with Crippen LogP contribution in [-0.4, -0.2) is 20.1 Å². The van der Waals surface area contributed by atoms with Crippen molar-refractivity contribution in [3.8, 4) is 27.4 Å². The zero-order chi connectivity index (χ0) is 17.6. The van der Waals surface area contributed by atoms with Crippen molar-refractivity contribution < 1.29 is 9.50 Å². The first kappa shape index (κ1) is 16.2. The van der Waals surface area contributed by atoms with E-state index < -0.39 is 5.82 Å². The molecule has 0 amide bonds. The fraction of sp³-hybridized carbons (Fsp3) is 0. The number of aromatic nitrogens is 3. The van der Waals surface area contributed by atoms with Crippen molar-refractivity contribution >= 4 is 44.6 Å². The maximum atomic E-state index is 14.1. The van der Waals surface area contributed by atoms with Gasteiger partial charge in [-0.15, -0.1) is 11.3 Å². The van der Waals surface area contributed by atoms with Gasteiger partial charge >= 0.3 is 0 Å². The number of fused-ring (bicyclic) bond motifs is 1. The van der Waals surface area contributed by atoms with E-state index in [0.717, 1.165) is 21.8 Å². The predicted octanol–water partition coefficient (Wildman–Crippen LogP) is 5.57. The van der Waals surface area contributed by atoms with Gasteiger partial charge in [0.15, 0.2) is 5.82 Å². The van der Waals surface area contributed by atoms with Crippen LogP contribution in [0.3, 0.4) is 0 Å². The van der Waals surface area contributed by atoms with Crippen LogP contribution in [0.25, 0.3) is 31.8 Å². The quantitative estimate of drug-likeness (QED) is 0.358. The van der Waals surface area contributed by atoms with E-state index in [1.165, 1.54) is 17.5 Å². The van der Waals surface area contributed by atoms with Crippen LogP contribution in [-0.2, 0) is 0 Å². The number of benzene rings is 1. The second-order valence-corrected chi connectivity index (χ2v) is 6.97. The summed E-state index contributed by atoms with van der Waals surface area (Å²) in [7, 11) is 0. The van der Waals surface area contributed by atoms with Crippen molar-refractivity contribution in [2.75, 3.05) is 0 Å². The van der Waals surface area contributed by atoms with E-state index in [4.69, 9.17) is 23.2 Å². The van der Waals surface area contributed by atoms with Gasteiger partial charge in [0.2, 0.25) is 5.28 Å². The molecule has 124 valence electrons. The lowest BCUT2D eigenvalue weighted by Crippen LogP contribution is -1.90. The van der Waals surface area contributed by atoms with Gasteiger partial charge in [0.05, 0.1) is 17.3 Å². The van der Waals surface area contributed by atoms with Gasteiger partial charge in [-0.3, -0.25) is 0 Å². The summed E-state index contributed by atoms with van der Waals surface area (Å²) in [6.07, 6.45) is 2.35. The molecule has 0 saturated carbocycles. The zero-order valence-electron chi connectivity index (χ0n) is 12.4. The largest absolute Gasteiger partial charge is 0.506 e. The highest BCUT2D eigenvalue weighted by Gasteiger charge is 2.16. The molecule has 0 bridgehead atoms. The molecular weight excluding hydrogens is 384 g/mol. The smallest absolute Gasteiger partial charge is 0.223 e. The Morgan fingerprint density at radius 1 is 1.04 bits per heavy atom. The van der Waals surface area contributed by atoms with E-state index in [1.807, 2.05) is 24.3 Å². The summed E-state index contributed by atoms with van der Waals surface area (Å²) in [5.74, 6) is -0.532. The molecule has 0 saturated heterocycles. The maximum Gasteiger partial charge on any atom is 0.223 e. The van der Waals surface area contributed by atoms with Gasteiger partial charge in [-0.1, -0.05) is 29.8 Å². The fourth-order valence-corrected chi connectivity index (χ4v) is 4.02. The molecule has 8 heteroatoms. The molecule has 1 N–H and O–H groups in total. The molecule has 0 aliphatic heterocycles. The fourth-order valence-electron chi connectivity index (χ4n) is 2.55. The summed E-state index contributed by atoms with van der Waals surface area (Å²) >= 11 is 13.1. The Labute approximate surface area is 155 Å². The standard InChI is InChI=1S/C17H8Cl2FN3OS/c18-14-5-10(12(24)7-21-14)9-3-1-2-8-4-13(25-16(8)9)15-11(20)6-22-17(19)23-15/h1-7,24H. The number of hydrogen-bond acceptors (Lipinski definition) is 5. The highest BCUT2D eigenvalue weighted by Crippen LogP contribution is 2.41. The van der Waals surface area contributed by atoms with Crippen molar-refractivity contribution in [3.63, 3.8) is 0 Å². The van der Waals surface area contributed by atoms with Crippen LogP contribution in [0.2, 0.25) is 10.4 Å². The molecule has 0 aliphatic carbocycles. The first-order valence-electron chi connectivity index (χ1n) is 7.09. The van der Waals surface area contributed by atoms with Crippen LogP contribution in [0, 0.1) is 5.82 Å². The lowest BCUT2D eigenvalue weighted by Gasteiger charge is -2.06. The summed E-state index contributed by atoms with van der Waals surface area (Å²) in [6.45, 7) is 0. The summed E-state index contributed by atoms with van der Waals surface area (Å²) in [6, 6.07) is 9.03. The Balaban J connectivity index is 1.96. The second-order valence-electron chi connectivity index (χ2n) is 5.19. The molecule has 3 heterocycles. The average molecular weight is 392 g/mol. The third-order valence-corrected chi connectivity index (χ3v) is 5.21. The Morgan fingerprint density at radius 3 is 2.72 bits per heavy atom. The molecule has 4 rings (SSSR count). The van der Waals surface area contributed by atoms with Crippen molar-refractivity contribution in [2.24, 2.45) is 0 Å². The van der Waals surface area contributed by atoms with Crippen LogP contribution >= 0.6 is 34.5 Å². The number of halogens is 3. The zero-order valence-corrected chi connectivity index (χ0v) is 14.7. The van der Waals surface area contributed by atoms with E-state index >= 15 is 0 Å². The van der Waals surface area contributed by atoms with Crippen LogP contribution < -0.4 is 0 Å². The molecule has 4 aromatic rings. The predicted molar refractivity (Wildman–Crippen MR) is 97.7 cm³/mol. The highest BCUT2D eigenvalue weighted by molar-refractivity contribution is 7.22. The molecule has 0 radical (unpaired) electrons. The van der Waals surface area contributed by atoms with Crippen LogP contribution in [0.1, 0.15) is 0 Å². The number of pyridine rings is 1. The first-order valence-corrected chi connectivity index (χ1v) is 8.66. The van der Waals surface area contributed by atoms with Crippen molar-refractivity contribution in [2.45, 2.75) is 0 Å². The summed E-state index contributed by atoms with van der Waals surface area (Å²) < 4.78 is 14.9. The maximum absolute atomic E-state index is 14.1. The number of thiophene rings is 1. The molecule has 0 fully saturated rings. The van der Waals surface area contributed by atoms with Gasteiger partial charge in [-0.05, 0) is 29.1 Å². The van der Waals surface area contributed by atoms with Crippen molar-refractivity contribution in [1.82, 2.24) is 15.0 Å². The number of rotatable bonds is 2. The van der Waals surface area contributed by atoms with Crippen LogP contribution in [0.5, 0.6) is 5.75 Å². The number of nitrogens with zero attached hydrogens (tertiary/aromatic N) is 3. The number of hydrogen-bond donors (Lipinski definition) is 1. The molecule has 3 aromatic heterocycles. The number of aromatic hydroxyl groups is 1. The molecule has 0 aliphatic rings. The molecule has 4 nitrogen and oxygen atoms in total. The summed E-state index contributed by atoms with van der Waals surface area (Å²) in [5.41, 5.74) is 1.47. The SMILES string of the molecule is Oc1cnc(Cl)cc1-c1cccc2cc(-c3nc(Cl)ncc3F)sc12. The third kappa shape index (κ3) is 2.93. The molecule has 0 spiro atoms. The average Bonchev–Trinajstić information content (AvgIpc) is 3.03. The lowest BCUT2D eigenvalue weighted by molar-refractivity contribution is 0.475. The van der Waals surface area contributed by atoms with E-state index in [0.29, 0.717) is 10.4 Å². The minimum absolute atomic E-state index is 0.0168. The monoisotopic (exact) mass is 391 g/mol. The van der Waals surface area contributed by atoms with Crippen LogP contribution in [0.15, 0.2) is 42.7 Å². The minimum Gasteiger partial charge on any atom is -0.506 e. The van der Waals surface area contributed by atoms with E-state index in [-0.39, 0.29) is 21.9 Å². The molecule has 25 heavy (non-hydrogen) atoms. The first-order chi connectivity index (χ1) is 12.0. The topological polar surface area (TPSA) is 58.9 Å². The van der Waals surface area contributed by atoms with Crippen molar-refractivity contribution in [1.29, 1.82) is 0 Å². The van der Waals surface area contributed by atoms with E-state index in [9.17, 15) is 9.50 Å². The molecular formula is C17H8Cl2FN3OS. The lowest BCUT2D eigenvalue weighted by atomic mass is 10.0. The third-order valence-electron chi connectivity index (χ3n) is 3.63. The van der Waals surface area contributed by atoms with E-state index in [2.05, 4.69) is 15.0 Å². The Bertz CT molecular complexity index is 1120. The van der Waals surface area contributed by atoms with Gasteiger partial charge in [0, 0.05) is 15.8 Å². The normalized spacial score (nSPS) is 11.2. The molecule has 0 unspecified atom stereocenters. The van der Waals surface area contributed by atoms with Gasteiger partial charge in [-0.25, -0.2) is 19.3 Å². The second kappa shape index (κ2) is 6.22. The van der Waals surface area contributed by atoms with Crippen LogP contribution in [0.4, 0.5) is 4.39 Å². The van der Waals surface area contributed by atoms with Gasteiger partial charge < -0.3 is 5.11 Å². The van der Waals surface area contributed by atoms with Gasteiger partial charge in [0.25, 0.3) is 0 Å². The highest BCUT2D eigenvalue weighted by atomic mass is 35.5.